The maximum atomic E-state index is 12.6. The number of esters is 1. The zero-order chi connectivity index (χ0) is 21.8. The van der Waals surface area contributed by atoms with Crippen LogP contribution in [0.5, 0.6) is 0 Å². The van der Waals surface area contributed by atoms with Gasteiger partial charge in [-0.3, -0.25) is 19.7 Å². The average Bonchev–Trinajstić information content (AvgIpc) is 3.01. The summed E-state index contributed by atoms with van der Waals surface area (Å²) in [5.41, 5.74) is 3.43. The molecule has 0 aliphatic heterocycles. The predicted molar refractivity (Wildman–Crippen MR) is 113 cm³/mol. The van der Waals surface area contributed by atoms with Crippen molar-refractivity contribution >= 4 is 39.1 Å². The lowest BCUT2D eigenvalue weighted by Crippen LogP contribution is -2.23. The minimum atomic E-state index is -0.508. The number of rotatable bonds is 6. The third-order valence-corrected chi connectivity index (χ3v) is 5.68. The summed E-state index contributed by atoms with van der Waals surface area (Å²) < 4.78 is 7.18. The van der Waals surface area contributed by atoms with Gasteiger partial charge in [-0.1, -0.05) is 29.5 Å². The molecule has 0 radical (unpaired) electrons. The molecule has 1 amide bonds. The molecule has 0 aliphatic carbocycles. The Morgan fingerprint density at radius 2 is 1.93 bits per heavy atom. The number of non-ortho nitro benzene ring substituents is 1. The van der Waals surface area contributed by atoms with E-state index >= 15 is 0 Å². The molecule has 0 unspecified atom stereocenters. The maximum absolute atomic E-state index is 12.6. The number of aromatic nitrogens is 1. The normalized spacial score (nSPS) is 11.6. The summed E-state index contributed by atoms with van der Waals surface area (Å²) in [6, 6.07) is 10.1. The number of carbonyl (C=O) groups excluding carboxylic acids is 2. The number of carbonyl (C=O) groups is 2. The molecule has 0 fully saturated rings. The molecule has 3 rings (SSSR count). The van der Waals surface area contributed by atoms with E-state index in [0.29, 0.717) is 15.0 Å². The van der Waals surface area contributed by atoms with Gasteiger partial charge in [0, 0.05) is 12.1 Å². The molecule has 0 atom stereocenters. The number of fused-ring (bicyclic) bond motifs is 1. The Balaban J connectivity index is 2.03. The minimum Gasteiger partial charge on any atom is -0.465 e. The van der Waals surface area contributed by atoms with E-state index in [0.717, 1.165) is 16.7 Å². The van der Waals surface area contributed by atoms with E-state index in [9.17, 15) is 19.7 Å². The van der Waals surface area contributed by atoms with Gasteiger partial charge in [0.2, 0.25) is 0 Å². The van der Waals surface area contributed by atoms with Crippen LogP contribution in [0.4, 0.5) is 5.69 Å². The van der Waals surface area contributed by atoms with Crippen LogP contribution in [0.25, 0.3) is 10.2 Å². The highest BCUT2D eigenvalue weighted by Gasteiger charge is 2.16. The summed E-state index contributed by atoms with van der Waals surface area (Å²) in [6.07, 6.45) is 0.120. The summed E-state index contributed by atoms with van der Waals surface area (Å²) >= 11 is 1.19. The van der Waals surface area contributed by atoms with Gasteiger partial charge in [-0.05, 0) is 43.5 Å². The van der Waals surface area contributed by atoms with Crippen molar-refractivity contribution in [3.8, 4) is 0 Å². The molecule has 0 spiro atoms. The molecule has 0 aliphatic rings. The van der Waals surface area contributed by atoms with Crippen LogP contribution in [0.3, 0.4) is 0 Å². The molecule has 0 N–H and O–H groups in total. The van der Waals surface area contributed by atoms with Gasteiger partial charge in [0.15, 0.2) is 4.80 Å². The van der Waals surface area contributed by atoms with E-state index in [-0.39, 0.29) is 31.2 Å². The molecule has 0 saturated heterocycles. The van der Waals surface area contributed by atoms with E-state index in [2.05, 4.69) is 4.99 Å². The van der Waals surface area contributed by atoms with Crippen LogP contribution in [0.2, 0.25) is 0 Å². The zero-order valence-electron chi connectivity index (χ0n) is 16.9. The lowest BCUT2D eigenvalue weighted by atomic mass is 10.0. The van der Waals surface area contributed by atoms with Gasteiger partial charge in [0.1, 0.15) is 6.54 Å². The standard InChI is InChI=1S/C21H21N3O5S/c1-4-29-20(26)12-23-17-11-16(24(27)28)7-8-18(17)30-21(23)22-19(25)10-15-6-5-13(2)14(3)9-15/h5-9,11H,4,10,12H2,1-3H3. The maximum Gasteiger partial charge on any atom is 0.326 e. The number of amides is 1. The van der Waals surface area contributed by atoms with Gasteiger partial charge in [-0.2, -0.15) is 4.99 Å². The molecular weight excluding hydrogens is 406 g/mol. The largest absolute Gasteiger partial charge is 0.465 e. The number of nitro groups is 1. The zero-order valence-corrected chi connectivity index (χ0v) is 17.7. The smallest absolute Gasteiger partial charge is 0.326 e. The number of hydrogen-bond donors (Lipinski definition) is 0. The molecule has 0 saturated carbocycles. The molecule has 1 aromatic heterocycles. The van der Waals surface area contributed by atoms with Crippen LogP contribution < -0.4 is 4.80 Å². The first-order valence-corrected chi connectivity index (χ1v) is 10.2. The molecule has 9 heteroatoms. The second kappa shape index (κ2) is 9.00. The number of nitro benzene ring substituents is 1. The van der Waals surface area contributed by atoms with Crippen molar-refractivity contribution in [3.63, 3.8) is 0 Å². The fourth-order valence-corrected chi connectivity index (χ4v) is 4.01. The molecule has 2 aromatic carbocycles. The summed E-state index contributed by atoms with van der Waals surface area (Å²) in [5, 5.41) is 11.2. The second-order valence-electron chi connectivity index (χ2n) is 6.79. The number of hydrogen-bond acceptors (Lipinski definition) is 6. The van der Waals surface area contributed by atoms with Crippen molar-refractivity contribution in [1.29, 1.82) is 0 Å². The van der Waals surface area contributed by atoms with E-state index in [1.807, 2.05) is 32.0 Å². The molecule has 3 aromatic rings. The Morgan fingerprint density at radius 1 is 1.17 bits per heavy atom. The number of ether oxygens (including phenoxy) is 1. The summed E-state index contributed by atoms with van der Waals surface area (Å²) in [5.74, 6) is -0.872. The van der Waals surface area contributed by atoms with E-state index in [4.69, 9.17) is 4.74 Å². The second-order valence-corrected chi connectivity index (χ2v) is 7.79. The number of nitrogens with zero attached hydrogens (tertiary/aromatic N) is 3. The monoisotopic (exact) mass is 427 g/mol. The van der Waals surface area contributed by atoms with Gasteiger partial charge < -0.3 is 9.30 Å². The van der Waals surface area contributed by atoms with Crippen molar-refractivity contribution in [2.45, 2.75) is 33.7 Å². The molecule has 8 nitrogen and oxygen atoms in total. The Bertz CT molecular complexity index is 1210. The SMILES string of the molecule is CCOC(=O)Cn1c(=NC(=O)Cc2ccc(C)c(C)c2)sc2ccc([N+](=O)[O-])cc21. The molecular formula is C21H21N3O5S. The first-order chi connectivity index (χ1) is 14.3. The van der Waals surface area contributed by atoms with Gasteiger partial charge >= 0.3 is 5.97 Å². The van der Waals surface area contributed by atoms with Crippen molar-refractivity contribution in [2.24, 2.45) is 4.99 Å². The van der Waals surface area contributed by atoms with Gasteiger partial charge in [-0.25, -0.2) is 0 Å². The Morgan fingerprint density at radius 3 is 2.60 bits per heavy atom. The lowest BCUT2D eigenvalue weighted by Gasteiger charge is -2.05. The third kappa shape index (κ3) is 4.80. The Kier molecular flexibility index (Phi) is 6.41. The highest BCUT2D eigenvalue weighted by atomic mass is 32.1. The first kappa shape index (κ1) is 21.4. The van der Waals surface area contributed by atoms with E-state index in [1.54, 1.807) is 13.0 Å². The quantitative estimate of drug-likeness (QED) is 0.340. The number of thiazole rings is 1. The number of benzene rings is 2. The van der Waals surface area contributed by atoms with Crippen LogP contribution in [-0.2, 0) is 27.3 Å². The highest BCUT2D eigenvalue weighted by Crippen LogP contribution is 2.23. The van der Waals surface area contributed by atoms with Gasteiger partial charge in [-0.15, -0.1) is 0 Å². The van der Waals surface area contributed by atoms with Crippen LogP contribution in [0.15, 0.2) is 41.4 Å². The van der Waals surface area contributed by atoms with E-state index in [1.165, 1.54) is 28.0 Å². The minimum absolute atomic E-state index is 0.106. The van der Waals surface area contributed by atoms with Crippen molar-refractivity contribution in [3.05, 3.63) is 68.0 Å². The Hall–Kier alpha value is -3.33. The van der Waals surface area contributed by atoms with Crippen molar-refractivity contribution in [2.75, 3.05) is 6.61 Å². The molecule has 156 valence electrons. The third-order valence-electron chi connectivity index (χ3n) is 4.62. The average molecular weight is 427 g/mol. The topological polar surface area (TPSA) is 104 Å². The van der Waals surface area contributed by atoms with Crippen LogP contribution in [0.1, 0.15) is 23.6 Å². The molecule has 0 bridgehead atoms. The van der Waals surface area contributed by atoms with E-state index < -0.39 is 10.9 Å². The Labute approximate surface area is 176 Å². The first-order valence-electron chi connectivity index (χ1n) is 9.35. The fourth-order valence-electron chi connectivity index (χ4n) is 2.98. The van der Waals surface area contributed by atoms with Gasteiger partial charge in [0.25, 0.3) is 11.6 Å². The van der Waals surface area contributed by atoms with Crippen LogP contribution >= 0.6 is 11.3 Å². The van der Waals surface area contributed by atoms with Crippen LogP contribution in [-0.4, -0.2) is 28.0 Å². The highest BCUT2D eigenvalue weighted by molar-refractivity contribution is 7.16. The summed E-state index contributed by atoms with van der Waals surface area (Å²) in [7, 11) is 0. The molecule has 1 heterocycles. The lowest BCUT2D eigenvalue weighted by molar-refractivity contribution is -0.384. The summed E-state index contributed by atoms with van der Waals surface area (Å²) in [4.78, 5) is 39.8. The van der Waals surface area contributed by atoms with Gasteiger partial charge in [0.05, 0.1) is 28.2 Å². The van der Waals surface area contributed by atoms with Crippen molar-refractivity contribution in [1.82, 2.24) is 4.57 Å². The fraction of sp³-hybridized carbons (Fsp3) is 0.286. The van der Waals surface area contributed by atoms with Crippen LogP contribution in [0, 0.1) is 24.0 Å². The molecule has 30 heavy (non-hydrogen) atoms. The summed E-state index contributed by atoms with van der Waals surface area (Å²) in [6.45, 7) is 5.69. The predicted octanol–water partition coefficient (Wildman–Crippen LogP) is 3.46. The van der Waals surface area contributed by atoms with Crippen molar-refractivity contribution < 1.29 is 19.2 Å². The number of aryl methyl sites for hydroxylation is 2.